The Kier molecular flexibility index (Phi) is 7.68. The van der Waals surface area contributed by atoms with Crippen molar-refractivity contribution in [1.82, 2.24) is 0 Å². The average molecular weight is 362 g/mol. The molecule has 0 bridgehead atoms. The molecule has 0 saturated heterocycles. The number of benzene rings is 1. The lowest BCUT2D eigenvalue weighted by Gasteiger charge is -2.30. The minimum Gasteiger partial charge on any atom is -0.492 e. The van der Waals surface area contributed by atoms with Crippen LogP contribution in [-0.4, -0.2) is 38.6 Å². The van der Waals surface area contributed by atoms with Crippen LogP contribution in [0.15, 0.2) is 49.3 Å². The van der Waals surface area contributed by atoms with Crippen molar-refractivity contribution >= 4 is 0 Å². The molecule has 0 N–H and O–H groups in total. The lowest BCUT2D eigenvalue weighted by molar-refractivity contribution is -0.0793. The Hall–Kier alpha value is -2.18. The van der Waals surface area contributed by atoms with Crippen molar-refractivity contribution < 1.29 is 28.4 Å². The molecule has 0 radical (unpaired) electrons. The molecule has 1 aromatic rings. The van der Waals surface area contributed by atoms with Gasteiger partial charge in [-0.3, -0.25) is 0 Å². The van der Waals surface area contributed by atoms with E-state index in [4.69, 9.17) is 28.4 Å². The molecule has 2 atom stereocenters. The van der Waals surface area contributed by atoms with Crippen LogP contribution in [0.5, 0.6) is 11.5 Å². The number of hydrogen-bond donors (Lipinski definition) is 0. The van der Waals surface area contributed by atoms with Gasteiger partial charge in [-0.15, -0.1) is 0 Å². The van der Waals surface area contributed by atoms with Crippen LogP contribution >= 0.6 is 0 Å². The summed E-state index contributed by atoms with van der Waals surface area (Å²) < 4.78 is 33.9. The fourth-order valence-electron chi connectivity index (χ4n) is 2.99. The van der Waals surface area contributed by atoms with Crippen LogP contribution < -0.4 is 9.47 Å². The van der Waals surface area contributed by atoms with Gasteiger partial charge in [-0.05, 0) is 31.4 Å². The largest absolute Gasteiger partial charge is 0.492 e. The van der Waals surface area contributed by atoms with E-state index in [2.05, 4.69) is 0 Å². The Morgan fingerprint density at radius 1 is 0.731 bits per heavy atom. The van der Waals surface area contributed by atoms with E-state index in [-0.39, 0.29) is 12.2 Å². The van der Waals surface area contributed by atoms with Gasteiger partial charge in [-0.1, -0.05) is 18.6 Å². The van der Waals surface area contributed by atoms with Crippen molar-refractivity contribution in [2.45, 2.75) is 37.9 Å². The van der Waals surface area contributed by atoms with Gasteiger partial charge in [0.15, 0.2) is 11.5 Å². The van der Waals surface area contributed by atoms with Gasteiger partial charge in [0.2, 0.25) is 0 Å². The molecule has 0 amide bonds. The molecule has 1 aromatic carbocycles. The molecular formula is C20H26O6. The van der Waals surface area contributed by atoms with Crippen LogP contribution in [0.2, 0.25) is 0 Å². The fourth-order valence-corrected chi connectivity index (χ4v) is 2.99. The quantitative estimate of drug-likeness (QED) is 0.700. The SMILES string of the molecule is C1=C\Oc2ccccc2OCCOCCOC2CCCCC2O/C=C\O/1. The van der Waals surface area contributed by atoms with Crippen molar-refractivity contribution in [1.29, 1.82) is 0 Å². The highest BCUT2D eigenvalue weighted by Gasteiger charge is 2.26. The molecule has 1 aliphatic heterocycles. The standard InChI is InChI=1S/C20H26O6/c1-2-6-18-17(5-1)23-13-9-21-11-15-25-19-7-3-4-8-20(19)26-16-12-22-10-14-24-18/h1-2,5-6,9,11,13,15,19-20H,3-4,7-8,10,12,14,16H2/b13-9-,15-11-. The number of ether oxygens (including phenoxy) is 6. The summed E-state index contributed by atoms with van der Waals surface area (Å²) in [6, 6.07) is 7.45. The van der Waals surface area contributed by atoms with Crippen molar-refractivity contribution in [2.24, 2.45) is 0 Å². The number of para-hydroxylation sites is 2. The smallest absolute Gasteiger partial charge is 0.168 e. The molecule has 6 nitrogen and oxygen atoms in total. The van der Waals surface area contributed by atoms with E-state index in [9.17, 15) is 0 Å². The average Bonchev–Trinajstić information content (AvgIpc) is 2.68. The lowest BCUT2D eigenvalue weighted by Crippen LogP contribution is -2.34. The first-order chi connectivity index (χ1) is 12.9. The summed E-state index contributed by atoms with van der Waals surface area (Å²) in [6.45, 7) is 2.02. The second-order valence-corrected chi connectivity index (χ2v) is 6.07. The lowest BCUT2D eigenvalue weighted by atomic mass is 9.94. The van der Waals surface area contributed by atoms with E-state index in [1.807, 2.05) is 24.3 Å². The van der Waals surface area contributed by atoms with E-state index < -0.39 is 0 Å². The van der Waals surface area contributed by atoms with Gasteiger partial charge in [-0.25, -0.2) is 0 Å². The molecule has 6 heteroatoms. The third-order valence-corrected chi connectivity index (χ3v) is 4.25. The highest BCUT2D eigenvalue weighted by molar-refractivity contribution is 5.39. The second kappa shape index (κ2) is 10.7. The number of hydrogen-bond acceptors (Lipinski definition) is 6. The van der Waals surface area contributed by atoms with Crippen LogP contribution in [0.25, 0.3) is 0 Å². The highest BCUT2D eigenvalue weighted by Crippen LogP contribution is 2.27. The van der Waals surface area contributed by atoms with E-state index >= 15 is 0 Å². The van der Waals surface area contributed by atoms with Crippen LogP contribution in [0, 0.1) is 0 Å². The molecular weight excluding hydrogens is 336 g/mol. The molecule has 142 valence electrons. The third kappa shape index (κ3) is 5.97. The Morgan fingerprint density at radius 3 is 2.42 bits per heavy atom. The Balaban J connectivity index is 1.59. The van der Waals surface area contributed by atoms with Crippen molar-refractivity contribution in [3.63, 3.8) is 0 Å². The molecule has 1 saturated carbocycles. The Labute approximate surface area is 154 Å². The predicted octanol–water partition coefficient (Wildman–Crippen LogP) is 3.78. The zero-order chi connectivity index (χ0) is 17.9. The fraction of sp³-hybridized carbons (Fsp3) is 0.500. The van der Waals surface area contributed by atoms with Crippen LogP contribution in [0.4, 0.5) is 0 Å². The highest BCUT2D eigenvalue weighted by atomic mass is 16.6. The molecule has 3 rings (SSSR count). The summed E-state index contributed by atoms with van der Waals surface area (Å²) in [6.07, 6.45) is 10.4. The van der Waals surface area contributed by atoms with Crippen LogP contribution in [0.3, 0.4) is 0 Å². The van der Waals surface area contributed by atoms with Gasteiger partial charge < -0.3 is 28.4 Å². The van der Waals surface area contributed by atoms with Gasteiger partial charge >= 0.3 is 0 Å². The maximum Gasteiger partial charge on any atom is 0.168 e. The summed E-state index contributed by atoms with van der Waals surface area (Å²) in [7, 11) is 0. The summed E-state index contributed by atoms with van der Waals surface area (Å²) in [5, 5.41) is 0. The molecule has 1 aliphatic carbocycles. The molecule has 2 aliphatic rings. The normalized spacial score (nSPS) is 27.5. The number of fused-ring (bicyclic) bond motifs is 2. The molecule has 0 aromatic heterocycles. The first-order valence-electron chi connectivity index (χ1n) is 9.12. The maximum atomic E-state index is 5.95. The van der Waals surface area contributed by atoms with E-state index in [1.165, 1.54) is 25.2 Å². The first-order valence-corrected chi connectivity index (χ1v) is 9.12. The zero-order valence-corrected chi connectivity index (χ0v) is 14.9. The summed E-state index contributed by atoms with van der Waals surface area (Å²) in [5.41, 5.74) is 0. The van der Waals surface area contributed by atoms with Crippen molar-refractivity contribution in [3.05, 3.63) is 49.3 Å². The molecule has 0 spiro atoms. The van der Waals surface area contributed by atoms with E-state index in [0.717, 1.165) is 19.3 Å². The van der Waals surface area contributed by atoms with Gasteiger partial charge in [0.1, 0.15) is 37.8 Å². The molecule has 1 fully saturated rings. The predicted molar refractivity (Wildman–Crippen MR) is 95.8 cm³/mol. The van der Waals surface area contributed by atoms with Crippen molar-refractivity contribution in [3.8, 4) is 11.5 Å². The summed E-state index contributed by atoms with van der Waals surface area (Å²) >= 11 is 0. The summed E-state index contributed by atoms with van der Waals surface area (Å²) in [5.74, 6) is 1.27. The van der Waals surface area contributed by atoms with E-state index in [0.29, 0.717) is 37.9 Å². The maximum absolute atomic E-state index is 5.95. The van der Waals surface area contributed by atoms with Crippen LogP contribution in [0.1, 0.15) is 25.7 Å². The Morgan fingerprint density at radius 2 is 1.50 bits per heavy atom. The third-order valence-electron chi connectivity index (χ3n) is 4.25. The zero-order valence-electron chi connectivity index (χ0n) is 14.9. The monoisotopic (exact) mass is 362 g/mol. The first kappa shape index (κ1) is 18.6. The number of rotatable bonds is 0. The minimum atomic E-state index is 0.0536. The van der Waals surface area contributed by atoms with Gasteiger partial charge in [-0.2, -0.15) is 0 Å². The molecule has 2 unspecified atom stereocenters. The van der Waals surface area contributed by atoms with Crippen LogP contribution in [-0.2, 0) is 18.9 Å². The minimum absolute atomic E-state index is 0.0536. The van der Waals surface area contributed by atoms with E-state index in [1.54, 1.807) is 6.26 Å². The molecule has 26 heavy (non-hydrogen) atoms. The van der Waals surface area contributed by atoms with Crippen molar-refractivity contribution in [2.75, 3.05) is 26.4 Å². The topological polar surface area (TPSA) is 55.4 Å². The van der Waals surface area contributed by atoms with Gasteiger partial charge in [0.05, 0.1) is 25.9 Å². The van der Waals surface area contributed by atoms with Gasteiger partial charge in [0.25, 0.3) is 0 Å². The summed E-state index contributed by atoms with van der Waals surface area (Å²) in [4.78, 5) is 0. The van der Waals surface area contributed by atoms with Gasteiger partial charge in [0, 0.05) is 0 Å². The molecule has 1 heterocycles. The Bertz CT molecular complexity index is 585. The second-order valence-electron chi connectivity index (χ2n) is 6.07.